The number of amides is 1. The maximum absolute atomic E-state index is 12.6. The molecule has 1 fully saturated rings. The van der Waals surface area contributed by atoms with Gasteiger partial charge in [0.25, 0.3) is 5.91 Å². The summed E-state index contributed by atoms with van der Waals surface area (Å²) < 4.78 is 0. The van der Waals surface area contributed by atoms with Gasteiger partial charge in [-0.25, -0.2) is 9.97 Å². The quantitative estimate of drug-likeness (QED) is 0.687. The lowest BCUT2D eigenvalue weighted by Gasteiger charge is -2.34. The Morgan fingerprint density at radius 3 is 2.52 bits per heavy atom. The van der Waals surface area contributed by atoms with Gasteiger partial charge in [-0.05, 0) is 44.0 Å². The minimum Gasteiger partial charge on any atom is -0.322 e. The Labute approximate surface area is 171 Å². The third-order valence-electron chi connectivity index (χ3n) is 5.41. The number of aromatic nitrogens is 2. The fourth-order valence-corrected chi connectivity index (χ4v) is 3.88. The van der Waals surface area contributed by atoms with Crippen LogP contribution in [0.1, 0.15) is 52.7 Å². The van der Waals surface area contributed by atoms with Crippen LogP contribution in [0.5, 0.6) is 0 Å². The smallest absolute Gasteiger partial charge is 0.259 e. The summed E-state index contributed by atoms with van der Waals surface area (Å²) in [6.07, 6.45) is 5.08. The average molecular weight is 386 g/mol. The molecule has 1 saturated heterocycles. The number of para-hydroxylation sites is 1. The topological polar surface area (TPSA) is 58.1 Å². The Balaban J connectivity index is 1.51. The van der Waals surface area contributed by atoms with E-state index in [4.69, 9.17) is 4.98 Å². The van der Waals surface area contributed by atoms with Gasteiger partial charge in [-0.3, -0.25) is 9.69 Å². The second kappa shape index (κ2) is 8.97. The molecule has 3 aromatic rings. The fraction of sp³-hybridized carbons (Fsp3) is 0.292. The van der Waals surface area contributed by atoms with Crippen molar-refractivity contribution in [3.63, 3.8) is 0 Å². The number of anilines is 1. The summed E-state index contributed by atoms with van der Waals surface area (Å²) in [5.74, 6) is 0.638. The number of aryl methyl sites for hydroxylation is 1. The summed E-state index contributed by atoms with van der Waals surface area (Å²) in [4.78, 5) is 24.4. The van der Waals surface area contributed by atoms with Gasteiger partial charge < -0.3 is 5.32 Å². The van der Waals surface area contributed by atoms with Gasteiger partial charge in [0, 0.05) is 18.4 Å². The van der Waals surface area contributed by atoms with Gasteiger partial charge in [0.05, 0.1) is 17.3 Å². The van der Waals surface area contributed by atoms with Crippen LogP contribution in [-0.2, 0) is 6.54 Å². The van der Waals surface area contributed by atoms with Crippen molar-refractivity contribution in [3.8, 4) is 0 Å². The van der Waals surface area contributed by atoms with Gasteiger partial charge in [0.2, 0.25) is 0 Å². The lowest BCUT2D eigenvalue weighted by Crippen LogP contribution is -2.34. The predicted octanol–water partition coefficient (Wildman–Crippen LogP) is 4.76. The minimum absolute atomic E-state index is 0.176. The summed E-state index contributed by atoms with van der Waals surface area (Å²) in [6, 6.07) is 20.2. The van der Waals surface area contributed by atoms with Crippen LogP contribution in [-0.4, -0.2) is 27.3 Å². The van der Waals surface area contributed by atoms with E-state index in [1.807, 2.05) is 43.3 Å². The first-order valence-corrected chi connectivity index (χ1v) is 10.2. The molecule has 5 nitrogen and oxygen atoms in total. The Morgan fingerprint density at radius 1 is 1.07 bits per heavy atom. The normalized spacial score (nSPS) is 17.1. The van der Waals surface area contributed by atoms with Crippen LogP contribution in [0.3, 0.4) is 0 Å². The molecule has 1 amide bonds. The lowest BCUT2D eigenvalue weighted by molar-refractivity contribution is 0.102. The summed E-state index contributed by atoms with van der Waals surface area (Å²) in [6.45, 7) is 3.82. The molecule has 0 aliphatic carbocycles. The van der Waals surface area contributed by atoms with Crippen molar-refractivity contribution in [1.29, 1.82) is 0 Å². The molecule has 1 aliphatic rings. The summed E-state index contributed by atoms with van der Waals surface area (Å²) in [7, 11) is 0. The van der Waals surface area contributed by atoms with Crippen LogP contribution in [0.15, 0.2) is 66.9 Å². The molecule has 0 radical (unpaired) electrons. The standard InChI is InChI=1S/C24H26N4O/c1-18-21(24(29)27-20-12-6-3-7-13-20)16-25-23(26-18)22-14-8-9-15-28(22)17-19-10-4-2-5-11-19/h2-7,10-13,16,22H,8-9,14-15,17H2,1H3,(H,27,29)/t22-/m0/s1. The molecule has 29 heavy (non-hydrogen) atoms. The average Bonchev–Trinajstić information content (AvgIpc) is 2.75. The first-order chi connectivity index (χ1) is 14.2. The molecule has 2 aromatic carbocycles. The molecule has 0 spiro atoms. The first kappa shape index (κ1) is 19.3. The molecule has 4 rings (SSSR count). The van der Waals surface area contributed by atoms with Gasteiger partial charge in [-0.15, -0.1) is 0 Å². The van der Waals surface area contributed by atoms with Crippen molar-refractivity contribution < 1.29 is 4.79 Å². The van der Waals surface area contributed by atoms with E-state index in [0.29, 0.717) is 11.3 Å². The van der Waals surface area contributed by atoms with E-state index < -0.39 is 0 Å². The molecule has 5 heteroatoms. The summed E-state index contributed by atoms with van der Waals surface area (Å²) in [5, 5.41) is 2.91. The SMILES string of the molecule is Cc1nc([C@@H]2CCCCN2Cc2ccccc2)ncc1C(=O)Nc1ccccc1. The zero-order valence-corrected chi connectivity index (χ0v) is 16.7. The highest BCUT2D eigenvalue weighted by Gasteiger charge is 2.27. The molecule has 1 aromatic heterocycles. The van der Waals surface area contributed by atoms with E-state index >= 15 is 0 Å². The molecule has 1 atom stereocenters. The van der Waals surface area contributed by atoms with Crippen LogP contribution in [0.25, 0.3) is 0 Å². The number of carbonyl (C=O) groups excluding carboxylic acids is 1. The van der Waals surface area contributed by atoms with E-state index in [2.05, 4.69) is 39.5 Å². The van der Waals surface area contributed by atoms with Gasteiger partial charge in [-0.1, -0.05) is 55.0 Å². The van der Waals surface area contributed by atoms with Crippen molar-refractivity contribution in [2.24, 2.45) is 0 Å². The minimum atomic E-state index is -0.176. The fourth-order valence-electron chi connectivity index (χ4n) is 3.88. The second-order valence-electron chi connectivity index (χ2n) is 7.52. The maximum atomic E-state index is 12.6. The predicted molar refractivity (Wildman–Crippen MR) is 115 cm³/mol. The number of benzene rings is 2. The molecule has 0 unspecified atom stereocenters. The molecule has 0 bridgehead atoms. The van der Waals surface area contributed by atoms with Crippen molar-refractivity contribution in [2.75, 3.05) is 11.9 Å². The maximum Gasteiger partial charge on any atom is 0.259 e. The monoisotopic (exact) mass is 386 g/mol. The Morgan fingerprint density at radius 2 is 1.79 bits per heavy atom. The third-order valence-corrected chi connectivity index (χ3v) is 5.41. The van der Waals surface area contributed by atoms with Crippen LogP contribution >= 0.6 is 0 Å². The Kier molecular flexibility index (Phi) is 5.96. The van der Waals surface area contributed by atoms with Crippen molar-refractivity contribution in [2.45, 2.75) is 38.8 Å². The van der Waals surface area contributed by atoms with Crippen molar-refractivity contribution >= 4 is 11.6 Å². The van der Waals surface area contributed by atoms with E-state index in [-0.39, 0.29) is 11.9 Å². The molecule has 1 aliphatic heterocycles. The van der Waals surface area contributed by atoms with Gasteiger partial charge in [0.1, 0.15) is 5.82 Å². The van der Waals surface area contributed by atoms with E-state index in [1.165, 1.54) is 18.4 Å². The van der Waals surface area contributed by atoms with Crippen molar-refractivity contribution in [3.05, 3.63) is 89.5 Å². The zero-order chi connectivity index (χ0) is 20.1. The van der Waals surface area contributed by atoms with E-state index in [1.54, 1.807) is 6.20 Å². The Bertz CT molecular complexity index is 959. The van der Waals surface area contributed by atoms with Gasteiger partial charge in [-0.2, -0.15) is 0 Å². The Hall–Kier alpha value is -3.05. The van der Waals surface area contributed by atoms with Crippen LogP contribution in [0.4, 0.5) is 5.69 Å². The molecule has 1 N–H and O–H groups in total. The number of nitrogens with one attached hydrogen (secondary N) is 1. The number of hydrogen-bond donors (Lipinski definition) is 1. The summed E-state index contributed by atoms with van der Waals surface area (Å²) >= 11 is 0. The first-order valence-electron chi connectivity index (χ1n) is 10.2. The highest BCUT2D eigenvalue weighted by Crippen LogP contribution is 2.30. The lowest BCUT2D eigenvalue weighted by atomic mass is 10.00. The van der Waals surface area contributed by atoms with Crippen LogP contribution in [0, 0.1) is 6.92 Å². The number of hydrogen-bond acceptors (Lipinski definition) is 4. The molecular weight excluding hydrogens is 360 g/mol. The number of piperidine rings is 1. The number of carbonyl (C=O) groups is 1. The largest absolute Gasteiger partial charge is 0.322 e. The van der Waals surface area contributed by atoms with Gasteiger partial charge >= 0.3 is 0 Å². The summed E-state index contributed by atoms with van der Waals surface area (Å²) in [5.41, 5.74) is 3.30. The molecule has 2 heterocycles. The molecule has 0 saturated carbocycles. The number of rotatable bonds is 5. The second-order valence-corrected chi connectivity index (χ2v) is 7.52. The van der Waals surface area contributed by atoms with Crippen molar-refractivity contribution in [1.82, 2.24) is 14.9 Å². The molecular formula is C24H26N4O. The van der Waals surface area contributed by atoms with E-state index in [0.717, 1.165) is 31.0 Å². The van der Waals surface area contributed by atoms with Gasteiger partial charge in [0.15, 0.2) is 0 Å². The van der Waals surface area contributed by atoms with Crippen LogP contribution in [0.2, 0.25) is 0 Å². The zero-order valence-electron chi connectivity index (χ0n) is 16.7. The third kappa shape index (κ3) is 4.69. The number of nitrogens with zero attached hydrogens (tertiary/aromatic N) is 3. The highest BCUT2D eigenvalue weighted by atomic mass is 16.1. The highest BCUT2D eigenvalue weighted by molar-refractivity contribution is 6.04. The molecule has 148 valence electrons. The van der Waals surface area contributed by atoms with Crippen LogP contribution < -0.4 is 5.32 Å². The number of likely N-dealkylation sites (tertiary alicyclic amines) is 1. The van der Waals surface area contributed by atoms with E-state index in [9.17, 15) is 4.79 Å².